The molecule has 1 aromatic carbocycles. The monoisotopic (exact) mass is 328 g/mol. The Balaban J connectivity index is 2.03. The van der Waals surface area contributed by atoms with Crippen LogP contribution in [0.2, 0.25) is 0 Å². The lowest BCUT2D eigenvalue weighted by molar-refractivity contribution is 0.0250. The molecule has 0 bridgehead atoms. The number of nitrogens with one attached hydrogen (secondary N) is 1. The molecule has 1 heterocycles. The van der Waals surface area contributed by atoms with Crippen LogP contribution in [0.25, 0.3) is 0 Å². The molecule has 1 aliphatic heterocycles. The molecule has 0 aliphatic carbocycles. The summed E-state index contributed by atoms with van der Waals surface area (Å²) in [6.07, 6.45) is 2.29. The molecule has 0 spiro atoms. The average molecular weight is 328 g/mol. The van der Waals surface area contributed by atoms with Gasteiger partial charge in [-0.2, -0.15) is 0 Å². The van der Waals surface area contributed by atoms with Crippen molar-refractivity contribution in [3.63, 3.8) is 0 Å². The van der Waals surface area contributed by atoms with Gasteiger partial charge < -0.3 is 10.5 Å². The number of hydrogen-bond acceptors (Lipinski definition) is 4. The standard InChI is InChI=1S/C14H20N2O3S2/c1-14(7-2-8-19-14)10-16-21(17,18)12-5-3-11(4-6-12)9-13(15)20/h3-6,16H,2,7-10H2,1H3,(H2,15,20). The van der Waals surface area contributed by atoms with Crippen molar-refractivity contribution in [2.75, 3.05) is 13.2 Å². The second-order valence-corrected chi connectivity index (χ2v) is 7.80. The van der Waals surface area contributed by atoms with Crippen LogP contribution in [-0.4, -0.2) is 32.2 Å². The highest BCUT2D eigenvalue weighted by atomic mass is 32.2. The van der Waals surface area contributed by atoms with Gasteiger partial charge in [0.1, 0.15) is 0 Å². The summed E-state index contributed by atoms with van der Waals surface area (Å²) < 4.78 is 32.7. The molecule has 5 nitrogen and oxygen atoms in total. The van der Waals surface area contributed by atoms with Gasteiger partial charge >= 0.3 is 0 Å². The van der Waals surface area contributed by atoms with E-state index in [1.54, 1.807) is 24.3 Å². The van der Waals surface area contributed by atoms with Crippen molar-refractivity contribution < 1.29 is 13.2 Å². The summed E-state index contributed by atoms with van der Waals surface area (Å²) in [6.45, 7) is 2.89. The third-order valence-corrected chi connectivity index (χ3v) is 5.11. The summed E-state index contributed by atoms with van der Waals surface area (Å²) >= 11 is 4.83. The summed E-state index contributed by atoms with van der Waals surface area (Å²) in [4.78, 5) is 0.617. The van der Waals surface area contributed by atoms with Gasteiger partial charge in [0.25, 0.3) is 0 Å². The fraction of sp³-hybridized carbons (Fsp3) is 0.500. The molecule has 0 amide bonds. The van der Waals surface area contributed by atoms with Crippen molar-refractivity contribution >= 4 is 27.2 Å². The highest BCUT2D eigenvalue weighted by Crippen LogP contribution is 2.24. The van der Waals surface area contributed by atoms with E-state index in [9.17, 15) is 8.42 Å². The van der Waals surface area contributed by atoms with Crippen LogP contribution in [0.5, 0.6) is 0 Å². The lowest BCUT2D eigenvalue weighted by atomic mass is 10.0. The summed E-state index contributed by atoms with van der Waals surface area (Å²) in [5, 5.41) is 0. The van der Waals surface area contributed by atoms with Crippen LogP contribution in [0.3, 0.4) is 0 Å². The fourth-order valence-corrected chi connectivity index (χ4v) is 3.62. The Morgan fingerprint density at radius 1 is 1.43 bits per heavy atom. The van der Waals surface area contributed by atoms with Gasteiger partial charge in [0.2, 0.25) is 10.0 Å². The minimum absolute atomic E-state index is 0.232. The lowest BCUT2D eigenvalue weighted by Gasteiger charge is -2.23. The zero-order chi connectivity index (χ0) is 15.5. The Hall–Kier alpha value is -1.02. The van der Waals surface area contributed by atoms with Gasteiger partial charge in [-0.25, -0.2) is 13.1 Å². The summed E-state index contributed by atoms with van der Waals surface area (Å²) in [5.74, 6) is 0. The topological polar surface area (TPSA) is 81.4 Å². The van der Waals surface area contributed by atoms with E-state index in [0.717, 1.165) is 18.4 Å². The largest absolute Gasteiger partial charge is 0.393 e. The van der Waals surface area contributed by atoms with Gasteiger partial charge in [0, 0.05) is 19.6 Å². The van der Waals surface area contributed by atoms with Gasteiger partial charge in [0.15, 0.2) is 0 Å². The molecule has 0 saturated carbocycles. The Labute approximate surface area is 130 Å². The highest BCUT2D eigenvalue weighted by molar-refractivity contribution is 7.89. The van der Waals surface area contributed by atoms with E-state index in [1.807, 2.05) is 6.92 Å². The molecule has 3 N–H and O–H groups in total. The van der Waals surface area contributed by atoms with E-state index in [-0.39, 0.29) is 11.4 Å². The normalized spacial score (nSPS) is 22.3. The smallest absolute Gasteiger partial charge is 0.240 e. The Morgan fingerprint density at radius 3 is 2.62 bits per heavy atom. The quantitative estimate of drug-likeness (QED) is 0.771. The molecule has 7 heteroatoms. The summed E-state index contributed by atoms with van der Waals surface area (Å²) in [7, 11) is -3.53. The first-order valence-corrected chi connectivity index (χ1v) is 8.71. The SMILES string of the molecule is CC1(CNS(=O)(=O)c2ccc(CC(N)=S)cc2)CCCO1. The first-order valence-electron chi connectivity index (χ1n) is 6.82. The van der Waals surface area contributed by atoms with Crippen molar-refractivity contribution in [2.24, 2.45) is 5.73 Å². The minimum atomic E-state index is -3.53. The van der Waals surface area contributed by atoms with E-state index in [4.69, 9.17) is 22.7 Å². The van der Waals surface area contributed by atoms with Crippen LogP contribution in [0.4, 0.5) is 0 Å². The van der Waals surface area contributed by atoms with E-state index in [2.05, 4.69) is 4.72 Å². The van der Waals surface area contributed by atoms with E-state index in [1.165, 1.54) is 0 Å². The Bertz CT molecular complexity index is 606. The summed E-state index contributed by atoms with van der Waals surface area (Å²) in [6, 6.07) is 6.57. The molecule has 1 saturated heterocycles. The molecule has 21 heavy (non-hydrogen) atoms. The van der Waals surface area contributed by atoms with Crippen LogP contribution in [0, 0.1) is 0 Å². The average Bonchev–Trinajstić information content (AvgIpc) is 2.84. The maximum Gasteiger partial charge on any atom is 0.240 e. The molecule has 0 radical (unpaired) electrons. The molecule has 2 rings (SSSR count). The predicted molar refractivity (Wildman–Crippen MR) is 85.7 cm³/mol. The Kier molecular flexibility index (Phi) is 4.98. The van der Waals surface area contributed by atoms with Gasteiger partial charge in [-0.3, -0.25) is 0 Å². The van der Waals surface area contributed by atoms with Crippen LogP contribution < -0.4 is 10.5 Å². The van der Waals surface area contributed by atoms with Gasteiger partial charge in [-0.05, 0) is 37.5 Å². The molecule has 116 valence electrons. The van der Waals surface area contributed by atoms with Gasteiger partial charge in [-0.15, -0.1) is 0 Å². The van der Waals surface area contributed by atoms with Crippen molar-refractivity contribution in [1.82, 2.24) is 4.72 Å². The molecule has 1 unspecified atom stereocenters. The number of thiocarbonyl (C=S) groups is 1. The Morgan fingerprint density at radius 2 is 2.10 bits per heavy atom. The van der Waals surface area contributed by atoms with E-state index in [0.29, 0.717) is 18.0 Å². The number of hydrogen-bond donors (Lipinski definition) is 2. The van der Waals surface area contributed by atoms with Crippen molar-refractivity contribution in [1.29, 1.82) is 0 Å². The number of benzene rings is 1. The zero-order valence-corrected chi connectivity index (χ0v) is 13.6. The van der Waals surface area contributed by atoms with Crippen LogP contribution in [0.15, 0.2) is 29.2 Å². The third kappa shape index (κ3) is 4.47. The first kappa shape index (κ1) is 16.4. The van der Waals surface area contributed by atoms with Gasteiger partial charge in [0.05, 0.1) is 15.5 Å². The van der Waals surface area contributed by atoms with Crippen LogP contribution in [-0.2, 0) is 21.2 Å². The third-order valence-electron chi connectivity index (χ3n) is 3.55. The number of ether oxygens (including phenoxy) is 1. The highest BCUT2D eigenvalue weighted by Gasteiger charge is 2.31. The molecule has 1 aromatic rings. The van der Waals surface area contributed by atoms with Gasteiger partial charge in [-0.1, -0.05) is 24.4 Å². The maximum absolute atomic E-state index is 12.2. The predicted octanol–water partition coefficient (Wildman–Crippen LogP) is 1.36. The van der Waals surface area contributed by atoms with E-state index < -0.39 is 15.6 Å². The van der Waals surface area contributed by atoms with Crippen LogP contribution >= 0.6 is 12.2 Å². The first-order chi connectivity index (χ1) is 9.81. The fourth-order valence-electron chi connectivity index (χ4n) is 2.29. The van der Waals surface area contributed by atoms with Crippen molar-refractivity contribution in [2.45, 2.75) is 36.7 Å². The summed E-state index contributed by atoms with van der Waals surface area (Å²) in [5.41, 5.74) is 5.96. The maximum atomic E-state index is 12.2. The molecule has 1 fully saturated rings. The second-order valence-electron chi connectivity index (χ2n) is 5.51. The molecule has 0 aromatic heterocycles. The lowest BCUT2D eigenvalue weighted by Crippen LogP contribution is -2.40. The number of rotatable bonds is 6. The van der Waals surface area contributed by atoms with E-state index >= 15 is 0 Å². The second kappa shape index (κ2) is 6.39. The van der Waals surface area contributed by atoms with Crippen molar-refractivity contribution in [3.8, 4) is 0 Å². The number of sulfonamides is 1. The minimum Gasteiger partial charge on any atom is -0.393 e. The molecular weight excluding hydrogens is 308 g/mol. The van der Waals surface area contributed by atoms with Crippen LogP contribution in [0.1, 0.15) is 25.3 Å². The van der Waals surface area contributed by atoms with Crippen molar-refractivity contribution in [3.05, 3.63) is 29.8 Å². The molecular formula is C14H20N2O3S2. The molecule has 1 aliphatic rings. The molecule has 1 atom stereocenters. The number of nitrogens with two attached hydrogens (primary N) is 1. The zero-order valence-electron chi connectivity index (χ0n) is 12.0.